The Bertz CT molecular complexity index is 804. The fraction of sp³-hybridized carbons (Fsp3) is 0.176. The minimum Gasteiger partial charge on any atom is -0.311 e. The van der Waals surface area contributed by atoms with Gasteiger partial charge in [0.05, 0.1) is 12.5 Å². The van der Waals surface area contributed by atoms with Crippen LogP contribution in [-0.4, -0.2) is 26.9 Å². The summed E-state index contributed by atoms with van der Waals surface area (Å²) in [6.07, 6.45) is 3.70. The molecule has 2 amide bonds. The van der Waals surface area contributed by atoms with Crippen molar-refractivity contribution in [3.8, 4) is 0 Å². The van der Waals surface area contributed by atoms with E-state index in [1.807, 2.05) is 30.3 Å². The predicted octanol–water partition coefficient (Wildman–Crippen LogP) is 3.03. The highest BCUT2D eigenvalue weighted by Crippen LogP contribution is 2.32. The standard InChI is InChI=1S/C17H15ClN4O2/c1-11(23)22-9-8-12-4-2-3-5-13(12)14(22)10-17(24)19-16-7-6-15(18)20-21-16/h2-9,14H,10H2,1H3,(H,19,21,24)/t14-/m1/s1. The molecule has 0 bridgehead atoms. The van der Waals surface area contributed by atoms with Crippen LogP contribution in [0.4, 0.5) is 5.82 Å². The molecule has 7 heteroatoms. The van der Waals surface area contributed by atoms with Crippen LogP contribution in [0.1, 0.15) is 30.5 Å². The maximum absolute atomic E-state index is 12.4. The lowest BCUT2D eigenvalue weighted by molar-refractivity contribution is -0.129. The molecule has 0 radical (unpaired) electrons. The summed E-state index contributed by atoms with van der Waals surface area (Å²) in [5.74, 6) is -0.0591. The highest BCUT2D eigenvalue weighted by Gasteiger charge is 2.28. The zero-order valence-electron chi connectivity index (χ0n) is 12.9. The van der Waals surface area contributed by atoms with Crippen LogP contribution in [0.5, 0.6) is 0 Å². The number of halogens is 1. The first kappa shape index (κ1) is 16.1. The predicted molar refractivity (Wildman–Crippen MR) is 91.0 cm³/mol. The zero-order valence-corrected chi connectivity index (χ0v) is 13.7. The number of nitrogens with one attached hydrogen (secondary N) is 1. The van der Waals surface area contributed by atoms with Crippen molar-refractivity contribution >= 4 is 35.3 Å². The van der Waals surface area contributed by atoms with Crippen LogP contribution < -0.4 is 5.32 Å². The maximum Gasteiger partial charge on any atom is 0.228 e. The number of amides is 2. The van der Waals surface area contributed by atoms with Crippen LogP contribution >= 0.6 is 11.6 Å². The molecule has 0 unspecified atom stereocenters. The van der Waals surface area contributed by atoms with Crippen molar-refractivity contribution in [1.82, 2.24) is 15.1 Å². The van der Waals surface area contributed by atoms with Crippen molar-refractivity contribution in [2.75, 3.05) is 5.32 Å². The van der Waals surface area contributed by atoms with Gasteiger partial charge in [-0.3, -0.25) is 9.59 Å². The van der Waals surface area contributed by atoms with Gasteiger partial charge in [-0.25, -0.2) is 0 Å². The Morgan fingerprint density at radius 2 is 2.00 bits per heavy atom. The minimum atomic E-state index is -0.357. The number of hydrogen-bond donors (Lipinski definition) is 1. The summed E-state index contributed by atoms with van der Waals surface area (Å²) < 4.78 is 0. The largest absolute Gasteiger partial charge is 0.311 e. The summed E-state index contributed by atoms with van der Waals surface area (Å²) in [6, 6.07) is 10.5. The SMILES string of the molecule is CC(=O)N1C=Cc2ccccc2[C@H]1CC(=O)Nc1ccc(Cl)nn1. The Morgan fingerprint density at radius 1 is 1.21 bits per heavy atom. The topological polar surface area (TPSA) is 75.2 Å². The summed E-state index contributed by atoms with van der Waals surface area (Å²) in [7, 11) is 0. The molecule has 0 saturated carbocycles. The zero-order chi connectivity index (χ0) is 17.1. The smallest absolute Gasteiger partial charge is 0.228 e. The molecule has 1 aromatic heterocycles. The van der Waals surface area contributed by atoms with Crippen molar-refractivity contribution in [3.05, 3.63) is 58.9 Å². The van der Waals surface area contributed by atoms with E-state index in [4.69, 9.17) is 11.6 Å². The van der Waals surface area contributed by atoms with Gasteiger partial charge in [-0.1, -0.05) is 35.9 Å². The van der Waals surface area contributed by atoms with Crippen LogP contribution in [0.2, 0.25) is 5.15 Å². The van der Waals surface area contributed by atoms with Crippen LogP contribution in [0.3, 0.4) is 0 Å². The Balaban J connectivity index is 1.80. The van der Waals surface area contributed by atoms with Gasteiger partial charge < -0.3 is 10.2 Å². The van der Waals surface area contributed by atoms with Gasteiger partial charge in [-0.15, -0.1) is 10.2 Å². The molecule has 1 aliphatic heterocycles. The van der Waals surface area contributed by atoms with Gasteiger partial charge in [-0.05, 0) is 29.3 Å². The monoisotopic (exact) mass is 342 g/mol. The summed E-state index contributed by atoms with van der Waals surface area (Å²) in [5.41, 5.74) is 1.94. The van der Waals surface area contributed by atoms with Crippen LogP contribution in [0.25, 0.3) is 6.08 Å². The van der Waals surface area contributed by atoms with Gasteiger partial charge in [-0.2, -0.15) is 0 Å². The lowest BCUT2D eigenvalue weighted by Gasteiger charge is -2.32. The molecular formula is C17H15ClN4O2. The van der Waals surface area contributed by atoms with E-state index in [2.05, 4.69) is 15.5 Å². The van der Waals surface area contributed by atoms with E-state index in [1.165, 1.54) is 6.92 Å². The Morgan fingerprint density at radius 3 is 2.71 bits per heavy atom. The number of anilines is 1. The Kier molecular flexibility index (Phi) is 4.57. The number of benzene rings is 1. The first-order chi connectivity index (χ1) is 11.5. The highest BCUT2D eigenvalue weighted by molar-refractivity contribution is 6.29. The van der Waals surface area contributed by atoms with Crippen molar-refractivity contribution in [2.45, 2.75) is 19.4 Å². The Labute approximate surface area is 144 Å². The first-order valence-electron chi connectivity index (χ1n) is 7.39. The molecule has 0 spiro atoms. The average Bonchev–Trinajstić information content (AvgIpc) is 2.57. The molecule has 24 heavy (non-hydrogen) atoms. The number of carbonyl (C=O) groups excluding carboxylic acids is 2. The van der Waals surface area contributed by atoms with Gasteiger partial charge in [0, 0.05) is 13.1 Å². The molecule has 0 fully saturated rings. The molecule has 122 valence electrons. The normalized spacial score (nSPS) is 15.8. The second kappa shape index (κ2) is 6.80. The van der Waals surface area contributed by atoms with E-state index in [9.17, 15) is 9.59 Å². The Hall–Kier alpha value is -2.73. The first-order valence-corrected chi connectivity index (χ1v) is 7.77. The number of fused-ring (bicyclic) bond motifs is 1. The van der Waals surface area contributed by atoms with Crippen molar-refractivity contribution in [1.29, 1.82) is 0 Å². The second-order valence-electron chi connectivity index (χ2n) is 5.38. The minimum absolute atomic E-state index is 0.116. The summed E-state index contributed by atoms with van der Waals surface area (Å²) in [4.78, 5) is 25.8. The fourth-order valence-corrected chi connectivity index (χ4v) is 2.77. The van der Waals surface area contributed by atoms with Crippen LogP contribution in [0.15, 0.2) is 42.6 Å². The lowest BCUT2D eigenvalue weighted by atomic mass is 9.93. The third kappa shape index (κ3) is 3.44. The van der Waals surface area contributed by atoms with Crippen molar-refractivity contribution < 1.29 is 9.59 Å². The quantitative estimate of drug-likeness (QED) is 0.930. The summed E-state index contributed by atoms with van der Waals surface area (Å²) in [5, 5.41) is 10.4. The van der Waals surface area contributed by atoms with E-state index < -0.39 is 0 Å². The molecule has 6 nitrogen and oxygen atoms in total. The van der Waals surface area contributed by atoms with Gasteiger partial charge in [0.25, 0.3) is 0 Å². The maximum atomic E-state index is 12.4. The molecule has 1 atom stereocenters. The van der Waals surface area contributed by atoms with E-state index in [1.54, 1.807) is 23.2 Å². The van der Waals surface area contributed by atoms with Crippen molar-refractivity contribution in [3.63, 3.8) is 0 Å². The lowest BCUT2D eigenvalue weighted by Crippen LogP contribution is -2.33. The second-order valence-corrected chi connectivity index (χ2v) is 5.77. The number of nitrogens with zero attached hydrogens (tertiary/aromatic N) is 3. The molecule has 3 rings (SSSR count). The van der Waals surface area contributed by atoms with Gasteiger partial charge in [0.1, 0.15) is 0 Å². The summed E-state index contributed by atoms with van der Waals surface area (Å²) in [6.45, 7) is 1.48. The van der Waals surface area contributed by atoms with Crippen molar-refractivity contribution in [2.24, 2.45) is 0 Å². The number of hydrogen-bond acceptors (Lipinski definition) is 4. The molecule has 1 aromatic carbocycles. The highest BCUT2D eigenvalue weighted by atomic mass is 35.5. The summed E-state index contributed by atoms with van der Waals surface area (Å²) >= 11 is 5.68. The average molecular weight is 343 g/mol. The number of rotatable bonds is 3. The molecule has 2 aromatic rings. The third-order valence-electron chi connectivity index (χ3n) is 3.75. The number of aromatic nitrogens is 2. The number of carbonyl (C=O) groups is 2. The van der Waals surface area contributed by atoms with Gasteiger partial charge in [0.2, 0.25) is 11.8 Å². The van der Waals surface area contributed by atoms with Crippen LogP contribution in [0, 0.1) is 0 Å². The van der Waals surface area contributed by atoms with E-state index in [-0.39, 0.29) is 29.4 Å². The molecule has 1 N–H and O–H groups in total. The van der Waals surface area contributed by atoms with E-state index in [0.717, 1.165) is 11.1 Å². The van der Waals surface area contributed by atoms with Gasteiger partial charge in [0.15, 0.2) is 11.0 Å². The third-order valence-corrected chi connectivity index (χ3v) is 3.95. The van der Waals surface area contributed by atoms with E-state index >= 15 is 0 Å². The molecule has 1 aliphatic rings. The molecule has 0 saturated heterocycles. The molecular weight excluding hydrogens is 328 g/mol. The van der Waals surface area contributed by atoms with Crippen LogP contribution in [-0.2, 0) is 9.59 Å². The molecule has 2 heterocycles. The fourth-order valence-electron chi connectivity index (χ4n) is 2.67. The molecule has 0 aliphatic carbocycles. The van der Waals surface area contributed by atoms with Gasteiger partial charge >= 0.3 is 0 Å². The van der Waals surface area contributed by atoms with E-state index in [0.29, 0.717) is 5.82 Å².